The van der Waals surface area contributed by atoms with Crippen LogP contribution < -0.4 is 0 Å². The zero-order chi connectivity index (χ0) is 5.70. The van der Waals surface area contributed by atoms with Crippen molar-refractivity contribution in [1.29, 1.82) is 0 Å². The van der Waals surface area contributed by atoms with Crippen LogP contribution in [0.25, 0.3) is 0 Å². The quantitative estimate of drug-likeness (QED) is 0.542. The maximum absolute atomic E-state index is 9.58. The molecule has 0 aliphatic carbocycles. The van der Waals surface area contributed by atoms with E-state index in [-0.39, 0.29) is 12.8 Å². The molecule has 0 aromatic rings. The molecular formula is C4H5O3. The zero-order valence-corrected chi connectivity index (χ0v) is 3.68. The summed E-state index contributed by atoms with van der Waals surface area (Å²) in [4.78, 5) is 18.9. The van der Waals surface area contributed by atoms with Crippen LogP contribution in [0.3, 0.4) is 0 Å². The average Bonchev–Trinajstić information content (AvgIpc) is 1.61. The minimum Gasteiger partial charge on any atom is -0.481 e. The number of carbonyl (C=O) groups is 1. The third-order valence-corrected chi connectivity index (χ3v) is 0.441. The number of hydrogen-bond donors (Lipinski definition) is 1. The Labute approximate surface area is 41.0 Å². The largest absolute Gasteiger partial charge is 0.481 e. The van der Waals surface area contributed by atoms with Crippen molar-refractivity contribution < 1.29 is 14.7 Å². The summed E-state index contributed by atoms with van der Waals surface area (Å²) >= 11 is 0. The molecule has 3 heteroatoms. The highest BCUT2D eigenvalue weighted by Gasteiger charge is 1.92. The molecule has 0 heterocycles. The van der Waals surface area contributed by atoms with E-state index >= 15 is 0 Å². The smallest absolute Gasteiger partial charge is 0.303 e. The third kappa shape index (κ3) is 5.14. The predicted octanol–water partition coefficient (Wildman–Crippen LogP) is -0.0391. The summed E-state index contributed by atoms with van der Waals surface area (Å²) in [7, 11) is 0. The molecule has 0 rings (SSSR count). The molecule has 0 fully saturated rings. The minimum atomic E-state index is -0.955. The van der Waals surface area contributed by atoms with E-state index in [0.717, 1.165) is 0 Å². The Morgan fingerprint density at radius 3 is 2.43 bits per heavy atom. The lowest BCUT2D eigenvalue weighted by Gasteiger charge is -1.78. The standard InChI is InChI=1S/C4H5O3/c5-3-1-2-4(6)7/h1-2H2,(H,6,7). The summed E-state index contributed by atoms with van der Waals surface area (Å²) in [5, 5.41) is 7.87. The van der Waals surface area contributed by atoms with Gasteiger partial charge in [-0.25, -0.2) is 0 Å². The number of aliphatic carboxylic acids is 1. The number of carboxylic acids is 1. The molecule has 0 aliphatic rings. The fourth-order valence-electron chi connectivity index (χ4n) is 0.158. The van der Waals surface area contributed by atoms with Gasteiger partial charge >= 0.3 is 5.97 Å². The SMILES string of the molecule is O=[C]CCC(=O)O. The lowest BCUT2D eigenvalue weighted by Crippen LogP contribution is -1.93. The molecule has 0 amide bonds. The minimum absolute atomic E-state index is 0.00463. The van der Waals surface area contributed by atoms with E-state index in [0.29, 0.717) is 0 Å². The van der Waals surface area contributed by atoms with Crippen LogP contribution in [-0.4, -0.2) is 17.4 Å². The summed E-state index contributed by atoms with van der Waals surface area (Å²) in [5.74, 6) is -0.955. The van der Waals surface area contributed by atoms with Gasteiger partial charge in [-0.15, -0.1) is 0 Å². The van der Waals surface area contributed by atoms with E-state index in [9.17, 15) is 9.59 Å². The molecule has 7 heavy (non-hydrogen) atoms. The van der Waals surface area contributed by atoms with Gasteiger partial charge < -0.3 is 5.11 Å². The number of rotatable bonds is 3. The van der Waals surface area contributed by atoms with Gasteiger partial charge in [-0.3, -0.25) is 9.59 Å². The average molecular weight is 101 g/mol. The molecule has 0 aromatic heterocycles. The van der Waals surface area contributed by atoms with E-state index in [1.54, 1.807) is 0 Å². The highest BCUT2D eigenvalue weighted by Crippen LogP contribution is 1.80. The van der Waals surface area contributed by atoms with E-state index < -0.39 is 5.97 Å². The van der Waals surface area contributed by atoms with Crippen molar-refractivity contribution in [1.82, 2.24) is 0 Å². The molecule has 0 spiro atoms. The van der Waals surface area contributed by atoms with Crippen LogP contribution in [0.1, 0.15) is 12.8 Å². The molecule has 39 valence electrons. The molecule has 0 aliphatic heterocycles. The van der Waals surface area contributed by atoms with Gasteiger partial charge in [0.05, 0.1) is 6.42 Å². The van der Waals surface area contributed by atoms with Crippen molar-refractivity contribution in [3.8, 4) is 0 Å². The Balaban J connectivity index is 2.97. The van der Waals surface area contributed by atoms with Crippen molar-refractivity contribution in [2.24, 2.45) is 0 Å². The molecule has 1 N–H and O–H groups in total. The fraction of sp³-hybridized carbons (Fsp3) is 0.500. The van der Waals surface area contributed by atoms with Crippen molar-refractivity contribution in [3.05, 3.63) is 0 Å². The highest BCUT2D eigenvalue weighted by atomic mass is 16.4. The second-order valence-electron chi connectivity index (χ2n) is 1.04. The van der Waals surface area contributed by atoms with Crippen LogP contribution >= 0.6 is 0 Å². The molecule has 3 nitrogen and oxygen atoms in total. The van der Waals surface area contributed by atoms with E-state index in [1.165, 1.54) is 6.29 Å². The summed E-state index contributed by atoms with van der Waals surface area (Å²) in [6.07, 6.45) is 1.36. The predicted molar refractivity (Wildman–Crippen MR) is 22.6 cm³/mol. The Morgan fingerprint density at radius 1 is 1.71 bits per heavy atom. The van der Waals surface area contributed by atoms with Gasteiger partial charge in [0.25, 0.3) is 0 Å². The topological polar surface area (TPSA) is 54.4 Å². The molecule has 0 aromatic carbocycles. The van der Waals surface area contributed by atoms with Crippen molar-refractivity contribution >= 4 is 12.3 Å². The van der Waals surface area contributed by atoms with Gasteiger partial charge in [0.2, 0.25) is 0 Å². The van der Waals surface area contributed by atoms with Crippen LogP contribution in [0.5, 0.6) is 0 Å². The Hall–Kier alpha value is -0.860. The van der Waals surface area contributed by atoms with Crippen LogP contribution in [0.2, 0.25) is 0 Å². The number of hydrogen-bond acceptors (Lipinski definition) is 2. The van der Waals surface area contributed by atoms with Crippen LogP contribution in [0.4, 0.5) is 0 Å². The molecule has 0 saturated heterocycles. The van der Waals surface area contributed by atoms with Gasteiger partial charge in [-0.1, -0.05) is 0 Å². The second kappa shape index (κ2) is 3.33. The molecule has 0 atom stereocenters. The first-order chi connectivity index (χ1) is 3.27. The monoisotopic (exact) mass is 101 g/mol. The lowest BCUT2D eigenvalue weighted by atomic mass is 10.3. The molecule has 0 unspecified atom stereocenters. The first-order valence-electron chi connectivity index (χ1n) is 1.84. The second-order valence-corrected chi connectivity index (χ2v) is 1.04. The maximum atomic E-state index is 9.58. The molecular weight excluding hydrogens is 96.0 g/mol. The normalized spacial score (nSPS) is 8.00. The van der Waals surface area contributed by atoms with Crippen LogP contribution in [-0.2, 0) is 9.59 Å². The molecule has 0 bridgehead atoms. The summed E-state index contributed by atoms with van der Waals surface area (Å²) in [6.45, 7) is 0. The van der Waals surface area contributed by atoms with Gasteiger partial charge in [-0.05, 0) is 0 Å². The lowest BCUT2D eigenvalue weighted by molar-refractivity contribution is -0.136. The van der Waals surface area contributed by atoms with Crippen molar-refractivity contribution in [3.63, 3.8) is 0 Å². The Kier molecular flexibility index (Phi) is 2.92. The zero-order valence-electron chi connectivity index (χ0n) is 3.68. The third-order valence-electron chi connectivity index (χ3n) is 0.441. The van der Waals surface area contributed by atoms with E-state index in [1.807, 2.05) is 0 Å². The molecule has 1 radical (unpaired) electrons. The van der Waals surface area contributed by atoms with Gasteiger partial charge in [0.1, 0.15) is 0 Å². The fourth-order valence-corrected chi connectivity index (χ4v) is 0.158. The summed E-state index contributed by atoms with van der Waals surface area (Å²) in [6, 6.07) is 0. The summed E-state index contributed by atoms with van der Waals surface area (Å²) in [5.41, 5.74) is 0. The number of carboxylic acid groups (broad SMARTS) is 1. The van der Waals surface area contributed by atoms with E-state index in [2.05, 4.69) is 0 Å². The Morgan fingerprint density at radius 2 is 2.29 bits per heavy atom. The van der Waals surface area contributed by atoms with Crippen molar-refractivity contribution in [2.45, 2.75) is 12.8 Å². The highest BCUT2D eigenvalue weighted by molar-refractivity contribution is 5.70. The van der Waals surface area contributed by atoms with Crippen LogP contribution in [0.15, 0.2) is 0 Å². The van der Waals surface area contributed by atoms with E-state index in [4.69, 9.17) is 5.11 Å². The molecule has 0 saturated carbocycles. The van der Waals surface area contributed by atoms with Gasteiger partial charge in [0, 0.05) is 6.42 Å². The summed E-state index contributed by atoms with van der Waals surface area (Å²) < 4.78 is 0. The van der Waals surface area contributed by atoms with Gasteiger partial charge in [0.15, 0.2) is 6.29 Å². The Bertz CT molecular complexity index is 77.0. The number of carbonyl (C=O) groups excluding carboxylic acids is 1. The first kappa shape index (κ1) is 6.14. The van der Waals surface area contributed by atoms with Crippen molar-refractivity contribution in [2.75, 3.05) is 0 Å². The van der Waals surface area contributed by atoms with Gasteiger partial charge in [-0.2, -0.15) is 0 Å². The maximum Gasteiger partial charge on any atom is 0.303 e. The first-order valence-corrected chi connectivity index (χ1v) is 1.84. The van der Waals surface area contributed by atoms with Crippen LogP contribution in [0, 0.1) is 0 Å².